The Balaban J connectivity index is 1.40. The second-order valence-electron chi connectivity index (χ2n) is 10.5. The first-order valence-electron chi connectivity index (χ1n) is 13.7. The molecule has 1 amide bonds. The van der Waals surface area contributed by atoms with E-state index in [0.29, 0.717) is 42.0 Å². The minimum Gasteiger partial charge on any atom is -0.484 e. The van der Waals surface area contributed by atoms with Crippen LogP contribution in [0.3, 0.4) is 0 Å². The number of hydrogen-bond acceptors (Lipinski definition) is 6. The van der Waals surface area contributed by atoms with Gasteiger partial charge in [-0.05, 0) is 74.2 Å². The predicted octanol–water partition coefficient (Wildman–Crippen LogP) is 5.62. The Kier molecular flexibility index (Phi) is 8.49. The third kappa shape index (κ3) is 6.36. The molecule has 1 aliphatic rings. The third-order valence-corrected chi connectivity index (χ3v) is 7.32. The van der Waals surface area contributed by atoms with Crippen molar-refractivity contribution < 1.29 is 13.9 Å². The molecule has 0 N–H and O–H groups in total. The topological polar surface area (TPSA) is 76.4 Å². The van der Waals surface area contributed by atoms with Gasteiger partial charge < -0.3 is 14.5 Å². The van der Waals surface area contributed by atoms with Crippen LogP contribution < -0.4 is 9.64 Å². The monoisotopic (exact) mass is 564 g/mol. The normalized spacial score (nSPS) is 14.2. The smallest absolute Gasteiger partial charge is 0.260 e. The van der Waals surface area contributed by atoms with Gasteiger partial charge in [0.25, 0.3) is 5.91 Å². The van der Waals surface area contributed by atoms with Crippen molar-refractivity contribution in [2.24, 2.45) is 5.92 Å². The maximum atomic E-state index is 13.6. The van der Waals surface area contributed by atoms with Crippen molar-refractivity contribution >= 4 is 34.4 Å². The highest BCUT2D eigenvalue weighted by molar-refractivity contribution is 6.30. The van der Waals surface area contributed by atoms with Gasteiger partial charge >= 0.3 is 0 Å². The lowest BCUT2D eigenvalue weighted by Crippen LogP contribution is -2.38. The maximum absolute atomic E-state index is 13.6. The molecule has 2 aromatic carbocycles. The number of carbonyl (C=O) groups is 1. The molecule has 2 aromatic heterocycles. The summed E-state index contributed by atoms with van der Waals surface area (Å²) in [6, 6.07) is 13.3. The number of hydrogen-bond donors (Lipinski definition) is 0. The number of ether oxygens (including phenoxy) is 1. The molecule has 0 saturated carbocycles. The molecule has 10 heteroatoms. The van der Waals surface area contributed by atoms with E-state index in [2.05, 4.69) is 18.7 Å². The summed E-state index contributed by atoms with van der Waals surface area (Å²) in [7, 11) is 0. The Labute approximate surface area is 238 Å². The van der Waals surface area contributed by atoms with Crippen LogP contribution in [-0.4, -0.2) is 63.3 Å². The van der Waals surface area contributed by atoms with E-state index < -0.39 is 0 Å². The summed E-state index contributed by atoms with van der Waals surface area (Å²) in [5.41, 5.74) is 2.26. The summed E-state index contributed by atoms with van der Waals surface area (Å²) in [5, 5.41) is 6.28. The molecule has 0 aliphatic carbocycles. The highest BCUT2D eigenvalue weighted by Gasteiger charge is 2.25. The molecule has 3 heterocycles. The third-order valence-electron chi connectivity index (χ3n) is 7.07. The summed E-state index contributed by atoms with van der Waals surface area (Å²) in [5.74, 6) is 2.36. The molecule has 210 valence electrons. The first-order valence-corrected chi connectivity index (χ1v) is 14.1. The summed E-state index contributed by atoms with van der Waals surface area (Å²) in [6.45, 7) is 8.87. The van der Waals surface area contributed by atoms with E-state index in [1.807, 2.05) is 11.8 Å². The Bertz CT molecular complexity index is 1470. The second kappa shape index (κ2) is 12.2. The average Bonchev–Trinajstić information content (AvgIpc) is 3.10. The summed E-state index contributed by atoms with van der Waals surface area (Å²) >= 11 is 5.94. The average molecular weight is 565 g/mol. The SMILES string of the molecule is Cc1nn(-c2ccc(F)cc2)c2nc(CCC(C)C)nc(N3CCCN(C(=O)COc4ccc(Cl)cc4)CC3)c12. The number of carbonyl (C=O) groups excluding carboxylic acids is 1. The van der Waals surface area contributed by atoms with Gasteiger partial charge in [0, 0.05) is 37.6 Å². The number of halogens is 2. The van der Waals surface area contributed by atoms with Gasteiger partial charge in [0.2, 0.25) is 0 Å². The largest absolute Gasteiger partial charge is 0.484 e. The van der Waals surface area contributed by atoms with Gasteiger partial charge in [0.1, 0.15) is 23.2 Å². The van der Waals surface area contributed by atoms with Crippen LogP contribution in [0.15, 0.2) is 48.5 Å². The lowest BCUT2D eigenvalue weighted by Gasteiger charge is -2.24. The van der Waals surface area contributed by atoms with E-state index in [9.17, 15) is 9.18 Å². The zero-order valence-electron chi connectivity index (χ0n) is 23.1. The van der Waals surface area contributed by atoms with Crippen LogP contribution in [0.5, 0.6) is 5.75 Å². The Hall–Kier alpha value is -3.72. The van der Waals surface area contributed by atoms with Crippen molar-refractivity contribution in [1.29, 1.82) is 0 Å². The van der Waals surface area contributed by atoms with E-state index in [1.165, 1.54) is 12.1 Å². The highest BCUT2D eigenvalue weighted by atomic mass is 35.5. The fourth-order valence-electron chi connectivity index (χ4n) is 4.87. The molecule has 8 nitrogen and oxygen atoms in total. The van der Waals surface area contributed by atoms with Crippen LogP contribution >= 0.6 is 11.6 Å². The molecule has 1 saturated heterocycles. The maximum Gasteiger partial charge on any atom is 0.260 e. The van der Waals surface area contributed by atoms with Crippen LogP contribution in [0.2, 0.25) is 5.02 Å². The molecule has 0 bridgehead atoms. The van der Waals surface area contributed by atoms with E-state index in [4.69, 9.17) is 31.4 Å². The van der Waals surface area contributed by atoms with Crippen molar-refractivity contribution in [3.8, 4) is 11.4 Å². The fraction of sp³-hybridized carbons (Fsp3) is 0.400. The molecule has 5 rings (SSSR count). The zero-order valence-corrected chi connectivity index (χ0v) is 23.9. The zero-order chi connectivity index (χ0) is 28.2. The molecule has 1 fully saturated rings. The first-order chi connectivity index (χ1) is 19.3. The van der Waals surface area contributed by atoms with E-state index in [-0.39, 0.29) is 18.3 Å². The van der Waals surface area contributed by atoms with E-state index in [0.717, 1.165) is 54.2 Å². The van der Waals surface area contributed by atoms with Crippen molar-refractivity contribution in [3.05, 3.63) is 70.9 Å². The fourth-order valence-corrected chi connectivity index (χ4v) is 5.00. The molecule has 0 radical (unpaired) electrons. The Morgan fingerprint density at radius 2 is 1.77 bits per heavy atom. The number of aromatic nitrogens is 4. The molecule has 1 aliphatic heterocycles. The van der Waals surface area contributed by atoms with Crippen LogP contribution in [-0.2, 0) is 11.2 Å². The van der Waals surface area contributed by atoms with Crippen LogP contribution in [0.25, 0.3) is 16.7 Å². The number of benzene rings is 2. The second-order valence-corrected chi connectivity index (χ2v) is 11.0. The molecule has 0 unspecified atom stereocenters. The minimum atomic E-state index is -0.299. The number of anilines is 1. The number of amides is 1. The van der Waals surface area contributed by atoms with Gasteiger partial charge in [-0.1, -0.05) is 25.4 Å². The number of rotatable bonds is 8. The first kappa shape index (κ1) is 27.8. The molecular weight excluding hydrogens is 531 g/mol. The number of fused-ring (bicyclic) bond motifs is 1. The summed E-state index contributed by atoms with van der Waals surface area (Å²) in [4.78, 5) is 27.0. The lowest BCUT2D eigenvalue weighted by atomic mass is 10.1. The molecule has 4 aromatic rings. The van der Waals surface area contributed by atoms with Crippen LogP contribution in [0.1, 0.15) is 38.2 Å². The Morgan fingerprint density at radius 1 is 1.02 bits per heavy atom. The van der Waals surface area contributed by atoms with Gasteiger partial charge in [-0.15, -0.1) is 0 Å². The highest BCUT2D eigenvalue weighted by Crippen LogP contribution is 2.30. The van der Waals surface area contributed by atoms with Crippen molar-refractivity contribution in [2.45, 2.75) is 40.0 Å². The quantitative estimate of drug-likeness (QED) is 0.276. The Morgan fingerprint density at radius 3 is 2.50 bits per heavy atom. The summed E-state index contributed by atoms with van der Waals surface area (Å²) in [6.07, 6.45) is 2.50. The van der Waals surface area contributed by atoms with Crippen LogP contribution in [0, 0.1) is 18.7 Å². The predicted molar refractivity (Wildman–Crippen MR) is 155 cm³/mol. The molecule has 0 atom stereocenters. The van der Waals surface area contributed by atoms with Gasteiger partial charge in [-0.3, -0.25) is 4.79 Å². The van der Waals surface area contributed by atoms with Crippen molar-refractivity contribution in [1.82, 2.24) is 24.6 Å². The minimum absolute atomic E-state index is 0.0255. The summed E-state index contributed by atoms with van der Waals surface area (Å²) < 4.78 is 21.1. The standard InChI is InChI=1S/C30H34ClFN6O2/c1-20(2)5-14-26-33-29(28-21(3)35-38(30(28)34-26)24-10-8-23(32)9-11-24)37-16-4-15-36(17-18-37)27(39)19-40-25-12-6-22(31)7-13-25/h6-13,20H,4-5,14-19H2,1-3H3. The lowest BCUT2D eigenvalue weighted by molar-refractivity contribution is -0.133. The number of nitrogens with zero attached hydrogens (tertiary/aromatic N) is 6. The molecular formula is C30H34ClFN6O2. The molecule has 40 heavy (non-hydrogen) atoms. The van der Waals surface area contributed by atoms with Gasteiger partial charge in [0.05, 0.1) is 16.8 Å². The van der Waals surface area contributed by atoms with Crippen LogP contribution in [0.4, 0.5) is 10.2 Å². The van der Waals surface area contributed by atoms with Gasteiger partial charge in [0.15, 0.2) is 12.3 Å². The van der Waals surface area contributed by atoms with Crippen molar-refractivity contribution in [3.63, 3.8) is 0 Å². The van der Waals surface area contributed by atoms with Crippen molar-refractivity contribution in [2.75, 3.05) is 37.7 Å². The molecule has 0 spiro atoms. The van der Waals surface area contributed by atoms with Gasteiger partial charge in [-0.2, -0.15) is 5.10 Å². The van der Waals surface area contributed by atoms with E-state index in [1.54, 1.807) is 41.1 Å². The van der Waals surface area contributed by atoms with Gasteiger partial charge in [-0.25, -0.2) is 19.0 Å². The number of aryl methyl sites for hydroxylation is 2. The van der Waals surface area contributed by atoms with E-state index >= 15 is 0 Å².